The largest absolute Gasteiger partial charge is 0.371 e. The number of piperidine rings is 1. The summed E-state index contributed by atoms with van der Waals surface area (Å²) >= 11 is 1.56. The molecule has 3 aromatic rings. The van der Waals surface area contributed by atoms with Crippen molar-refractivity contribution in [3.8, 4) is 11.1 Å². The Hall–Kier alpha value is -2.47. The Balaban J connectivity index is 1.96. The smallest absolute Gasteiger partial charge is 0.249 e. The zero-order valence-corrected chi connectivity index (χ0v) is 14.1. The summed E-state index contributed by atoms with van der Waals surface area (Å²) in [6, 6.07) is 5.80. The van der Waals surface area contributed by atoms with Crippen LogP contribution in [0.3, 0.4) is 0 Å². The number of fused-ring (bicyclic) bond motifs is 1. The van der Waals surface area contributed by atoms with E-state index in [-0.39, 0.29) is 0 Å². The van der Waals surface area contributed by atoms with E-state index < -0.39 is 5.91 Å². The summed E-state index contributed by atoms with van der Waals surface area (Å²) in [5.74, 6) is -0.403. The number of primary amides is 1. The minimum Gasteiger partial charge on any atom is -0.371 e. The minimum atomic E-state index is -0.403. The topological polar surface area (TPSA) is 72.1 Å². The summed E-state index contributed by atoms with van der Waals surface area (Å²) in [5, 5.41) is 3.02. The average molecular weight is 338 g/mol. The van der Waals surface area contributed by atoms with Crippen molar-refractivity contribution in [2.45, 2.75) is 19.3 Å². The van der Waals surface area contributed by atoms with Crippen LogP contribution in [0.25, 0.3) is 21.3 Å². The van der Waals surface area contributed by atoms with Crippen molar-refractivity contribution in [1.82, 2.24) is 9.97 Å². The average Bonchev–Trinajstić information content (AvgIpc) is 3.05. The molecule has 1 amide bonds. The van der Waals surface area contributed by atoms with Gasteiger partial charge in [0.05, 0.1) is 0 Å². The van der Waals surface area contributed by atoms with Crippen LogP contribution in [0.5, 0.6) is 0 Å². The fourth-order valence-corrected chi connectivity index (χ4v) is 4.27. The number of hydrogen-bond acceptors (Lipinski definition) is 5. The van der Waals surface area contributed by atoms with E-state index in [2.05, 4.69) is 26.3 Å². The van der Waals surface area contributed by atoms with Gasteiger partial charge in [-0.1, -0.05) is 6.07 Å². The molecule has 2 N–H and O–H groups in total. The minimum absolute atomic E-state index is 0.403. The molecule has 1 aliphatic rings. The Labute approximate surface area is 144 Å². The van der Waals surface area contributed by atoms with Gasteiger partial charge in [0.1, 0.15) is 11.2 Å². The second-order valence-corrected chi connectivity index (χ2v) is 6.86. The van der Waals surface area contributed by atoms with E-state index in [0.29, 0.717) is 5.56 Å². The predicted octanol–water partition coefficient (Wildman–Crippen LogP) is 3.45. The van der Waals surface area contributed by atoms with Gasteiger partial charge in [0, 0.05) is 52.4 Å². The maximum absolute atomic E-state index is 12.1. The number of carbonyl (C=O) groups is 1. The number of nitrogens with zero attached hydrogens (tertiary/aromatic N) is 3. The molecule has 3 heterocycles. The summed E-state index contributed by atoms with van der Waals surface area (Å²) in [5.41, 5.74) is 9.21. The van der Waals surface area contributed by atoms with E-state index in [1.165, 1.54) is 19.3 Å². The molecule has 0 radical (unpaired) electrons. The van der Waals surface area contributed by atoms with Gasteiger partial charge in [-0.2, -0.15) is 0 Å². The zero-order valence-electron chi connectivity index (χ0n) is 13.2. The quantitative estimate of drug-likeness (QED) is 0.794. The highest BCUT2D eigenvalue weighted by Crippen LogP contribution is 2.40. The van der Waals surface area contributed by atoms with Crippen LogP contribution >= 0.6 is 11.3 Å². The Morgan fingerprint density at radius 2 is 2.04 bits per heavy atom. The van der Waals surface area contributed by atoms with Crippen LogP contribution in [0.15, 0.2) is 36.1 Å². The van der Waals surface area contributed by atoms with Crippen LogP contribution < -0.4 is 10.6 Å². The lowest BCUT2D eigenvalue weighted by molar-refractivity contribution is 0.100. The molecule has 122 valence electrons. The molecule has 1 aliphatic heterocycles. The van der Waals surface area contributed by atoms with E-state index in [4.69, 9.17) is 5.73 Å². The standard InChI is InChI=1S/C18H18N4OS/c19-17(23)12-5-4-6-15(22-7-2-1-3-8-22)16(12)14-10-24-18-13(14)9-20-11-21-18/h4-6,9-11H,1-3,7-8H2,(H2,19,23). The van der Waals surface area contributed by atoms with Crippen LogP contribution in [0.2, 0.25) is 0 Å². The number of hydrogen-bond donors (Lipinski definition) is 1. The van der Waals surface area contributed by atoms with Gasteiger partial charge in [0.2, 0.25) is 5.91 Å². The first-order valence-corrected chi connectivity index (χ1v) is 8.99. The molecular weight excluding hydrogens is 320 g/mol. The molecule has 0 aliphatic carbocycles. The van der Waals surface area contributed by atoms with E-state index in [0.717, 1.165) is 40.1 Å². The van der Waals surface area contributed by atoms with Crippen molar-refractivity contribution in [3.63, 3.8) is 0 Å². The molecule has 1 fully saturated rings. The van der Waals surface area contributed by atoms with Gasteiger partial charge in [-0.05, 0) is 31.4 Å². The third-order valence-corrected chi connectivity index (χ3v) is 5.43. The number of rotatable bonds is 3. The Kier molecular flexibility index (Phi) is 3.90. The van der Waals surface area contributed by atoms with Gasteiger partial charge in [0.15, 0.2) is 0 Å². The van der Waals surface area contributed by atoms with Crippen LogP contribution in [0, 0.1) is 0 Å². The highest BCUT2D eigenvalue weighted by molar-refractivity contribution is 7.17. The van der Waals surface area contributed by atoms with Gasteiger partial charge in [-0.25, -0.2) is 9.97 Å². The Morgan fingerprint density at radius 3 is 2.83 bits per heavy atom. The molecule has 4 rings (SSSR count). The van der Waals surface area contributed by atoms with Crippen LogP contribution in [0.1, 0.15) is 29.6 Å². The molecule has 0 atom stereocenters. The third kappa shape index (κ3) is 2.53. The first-order valence-electron chi connectivity index (χ1n) is 8.11. The van der Waals surface area contributed by atoms with Crippen molar-refractivity contribution in [2.75, 3.05) is 18.0 Å². The fourth-order valence-electron chi connectivity index (χ4n) is 3.40. The van der Waals surface area contributed by atoms with Gasteiger partial charge in [-0.3, -0.25) is 4.79 Å². The van der Waals surface area contributed by atoms with Crippen LogP contribution in [0.4, 0.5) is 5.69 Å². The normalized spacial score (nSPS) is 14.9. The van der Waals surface area contributed by atoms with Gasteiger partial charge in [-0.15, -0.1) is 11.3 Å². The fraction of sp³-hybridized carbons (Fsp3) is 0.278. The number of nitrogens with two attached hydrogens (primary N) is 1. The summed E-state index contributed by atoms with van der Waals surface area (Å²) in [7, 11) is 0. The highest BCUT2D eigenvalue weighted by atomic mass is 32.1. The van der Waals surface area contributed by atoms with E-state index in [1.807, 2.05) is 12.3 Å². The summed E-state index contributed by atoms with van der Waals surface area (Å²) in [6.07, 6.45) is 6.97. The number of aromatic nitrogens is 2. The molecule has 0 bridgehead atoms. The first-order chi connectivity index (χ1) is 11.8. The van der Waals surface area contributed by atoms with E-state index in [9.17, 15) is 4.79 Å². The maximum atomic E-state index is 12.1. The SMILES string of the molecule is NC(=O)c1cccc(N2CCCCC2)c1-c1csc2ncncc12. The number of amides is 1. The van der Waals surface area contributed by atoms with Gasteiger partial charge >= 0.3 is 0 Å². The lowest BCUT2D eigenvalue weighted by Gasteiger charge is -2.31. The third-order valence-electron chi connectivity index (χ3n) is 4.53. The molecule has 1 aromatic carbocycles. The number of carbonyl (C=O) groups excluding carboxylic acids is 1. The maximum Gasteiger partial charge on any atom is 0.249 e. The molecular formula is C18H18N4OS. The Morgan fingerprint density at radius 1 is 1.21 bits per heavy atom. The van der Waals surface area contributed by atoms with Crippen molar-refractivity contribution in [1.29, 1.82) is 0 Å². The van der Waals surface area contributed by atoms with Crippen molar-refractivity contribution in [3.05, 3.63) is 41.7 Å². The molecule has 5 nitrogen and oxygen atoms in total. The van der Waals surface area contributed by atoms with Crippen molar-refractivity contribution < 1.29 is 4.79 Å². The number of benzene rings is 1. The van der Waals surface area contributed by atoms with Crippen LogP contribution in [-0.4, -0.2) is 29.0 Å². The summed E-state index contributed by atoms with van der Waals surface area (Å²) in [4.78, 5) is 23.8. The lowest BCUT2D eigenvalue weighted by Crippen LogP contribution is -2.30. The molecule has 0 spiro atoms. The predicted molar refractivity (Wildman–Crippen MR) is 97.4 cm³/mol. The second kappa shape index (κ2) is 6.20. The Bertz CT molecular complexity index is 899. The van der Waals surface area contributed by atoms with Crippen LogP contribution in [-0.2, 0) is 0 Å². The number of thiophene rings is 1. The lowest BCUT2D eigenvalue weighted by atomic mass is 9.96. The first kappa shape index (κ1) is 15.1. The van der Waals surface area contributed by atoms with E-state index in [1.54, 1.807) is 23.7 Å². The van der Waals surface area contributed by atoms with Gasteiger partial charge in [0.25, 0.3) is 0 Å². The summed E-state index contributed by atoms with van der Waals surface area (Å²) in [6.45, 7) is 2.02. The highest BCUT2D eigenvalue weighted by Gasteiger charge is 2.22. The molecule has 24 heavy (non-hydrogen) atoms. The summed E-state index contributed by atoms with van der Waals surface area (Å²) < 4.78 is 0. The van der Waals surface area contributed by atoms with Gasteiger partial charge < -0.3 is 10.6 Å². The second-order valence-electron chi connectivity index (χ2n) is 6.00. The molecule has 2 aromatic heterocycles. The molecule has 1 saturated heterocycles. The monoisotopic (exact) mass is 338 g/mol. The zero-order chi connectivity index (χ0) is 16.5. The van der Waals surface area contributed by atoms with Crippen molar-refractivity contribution >= 4 is 33.1 Å². The van der Waals surface area contributed by atoms with Crippen molar-refractivity contribution in [2.24, 2.45) is 5.73 Å². The molecule has 0 unspecified atom stereocenters. The molecule has 0 saturated carbocycles. The molecule has 6 heteroatoms. The number of anilines is 1. The van der Waals surface area contributed by atoms with E-state index >= 15 is 0 Å².